The highest BCUT2D eigenvalue weighted by atomic mass is 15.4. The number of benzene rings is 1. The van der Waals surface area contributed by atoms with Crippen LogP contribution in [0.2, 0.25) is 0 Å². The van der Waals surface area contributed by atoms with Gasteiger partial charge in [-0.15, -0.1) is 5.10 Å². The topological polar surface area (TPSA) is 69.6 Å². The molecule has 0 aliphatic carbocycles. The average molecular weight is 225 g/mol. The largest absolute Gasteiger partial charge is 0.325 e. The number of pyridine rings is 1. The van der Waals surface area contributed by atoms with E-state index in [0.717, 1.165) is 22.4 Å². The number of hydrogen-bond donors (Lipinski definition) is 1. The molecule has 0 bridgehead atoms. The summed E-state index contributed by atoms with van der Waals surface area (Å²) in [5, 5.41) is 8.25. The van der Waals surface area contributed by atoms with E-state index in [1.165, 1.54) is 0 Å². The summed E-state index contributed by atoms with van der Waals surface area (Å²) in [6, 6.07) is 11.6. The zero-order valence-electron chi connectivity index (χ0n) is 9.11. The number of aromatic nitrogens is 4. The first-order valence-electron chi connectivity index (χ1n) is 5.34. The Bertz CT molecular complexity index is 659. The van der Waals surface area contributed by atoms with Crippen molar-refractivity contribution in [1.29, 1.82) is 0 Å². The molecule has 84 valence electrons. The minimum Gasteiger partial charge on any atom is -0.325 e. The lowest BCUT2D eigenvalue weighted by Gasteiger charge is -2.03. The van der Waals surface area contributed by atoms with E-state index in [1.54, 1.807) is 10.9 Å². The molecule has 0 saturated heterocycles. The van der Waals surface area contributed by atoms with Crippen LogP contribution in [-0.4, -0.2) is 20.0 Å². The molecule has 0 spiro atoms. The fourth-order valence-electron chi connectivity index (χ4n) is 1.77. The summed E-state index contributed by atoms with van der Waals surface area (Å²) < 4.78 is 1.79. The summed E-state index contributed by atoms with van der Waals surface area (Å²) in [5.41, 5.74) is 9.18. The van der Waals surface area contributed by atoms with E-state index < -0.39 is 0 Å². The quantitative estimate of drug-likeness (QED) is 0.713. The fraction of sp³-hybridized carbons (Fsp3) is 0.0833. The molecule has 2 aromatic heterocycles. The normalized spacial score (nSPS) is 10.9. The van der Waals surface area contributed by atoms with Crippen molar-refractivity contribution >= 4 is 11.0 Å². The minimum atomic E-state index is 0.417. The van der Waals surface area contributed by atoms with Crippen molar-refractivity contribution in [2.75, 3.05) is 0 Å². The smallest absolute Gasteiger partial charge is 0.113 e. The van der Waals surface area contributed by atoms with Crippen molar-refractivity contribution in [1.82, 2.24) is 20.0 Å². The highest BCUT2D eigenvalue weighted by Gasteiger charge is 2.05. The van der Waals surface area contributed by atoms with Gasteiger partial charge < -0.3 is 5.73 Å². The van der Waals surface area contributed by atoms with Gasteiger partial charge in [-0.2, -0.15) is 0 Å². The Morgan fingerprint density at radius 3 is 2.94 bits per heavy atom. The maximum Gasteiger partial charge on any atom is 0.113 e. The molecule has 2 heterocycles. The predicted octanol–water partition coefficient (Wildman–Crippen LogP) is 1.27. The zero-order valence-corrected chi connectivity index (χ0v) is 9.11. The molecule has 0 fully saturated rings. The minimum absolute atomic E-state index is 0.417. The van der Waals surface area contributed by atoms with Crippen LogP contribution in [0, 0.1) is 0 Å². The lowest BCUT2D eigenvalue weighted by atomic mass is 10.3. The third-order valence-corrected chi connectivity index (χ3v) is 2.61. The SMILES string of the molecule is NCc1cc(-n2nnc3ccccc32)ccn1. The monoisotopic (exact) mass is 225 g/mol. The summed E-state index contributed by atoms with van der Waals surface area (Å²) in [7, 11) is 0. The van der Waals surface area contributed by atoms with Gasteiger partial charge in [-0.3, -0.25) is 4.98 Å². The van der Waals surface area contributed by atoms with E-state index in [2.05, 4.69) is 15.3 Å². The molecule has 5 heteroatoms. The number of nitrogens with zero attached hydrogens (tertiary/aromatic N) is 4. The van der Waals surface area contributed by atoms with Crippen molar-refractivity contribution in [3.8, 4) is 5.69 Å². The Morgan fingerprint density at radius 2 is 2.06 bits per heavy atom. The molecule has 0 aliphatic heterocycles. The molecule has 0 aliphatic rings. The summed E-state index contributed by atoms with van der Waals surface area (Å²) in [6.45, 7) is 0.417. The number of rotatable bonds is 2. The van der Waals surface area contributed by atoms with Crippen LogP contribution < -0.4 is 5.73 Å². The van der Waals surface area contributed by atoms with E-state index in [4.69, 9.17) is 5.73 Å². The maximum atomic E-state index is 5.58. The molecule has 3 rings (SSSR count). The lowest BCUT2D eigenvalue weighted by Crippen LogP contribution is -2.02. The molecule has 0 saturated carbocycles. The van der Waals surface area contributed by atoms with Gasteiger partial charge in [0.2, 0.25) is 0 Å². The Balaban J connectivity index is 2.20. The van der Waals surface area contributed by atoms with Crippen LogP contribution in [0.15, 0.2) is 42.6 Å². The van der Waals surface area contributed by atoms with E-state index in [0.29, 0.717) is 6.54 Å². The third-order valence-electron chi connectivity index (χ3n) is 2.61. The summed E-state index contributed by atoms with van der Waals surface area (Å²) >= 11 is 0. The van der Waals surface area contributed by atoms with Crippen LogP contribution >= 0.6 is 0 Å². The van der Waals surface area contributed by atoms with Crippen LogP contribution in [-0.2, 0) is 6.54 Å². The molecule has 2 N–H and O–H groups in total. The molecular formula is C12H11N5. The molecule has 0 atom stereocenters. The van der Waals surface area contributed by atoms with Gasteiger partial charge in [0.1, 0.15) is 5.52 Å². The van der Waals surface area contributed by atoms with Crippen LogP contribution in [0.5, 0.6) is 0 Å². The first kappa shape index (κ1) is 9.92. The molecular weight excluding hydrogens is 214 g/mol. The molecule has 3 aromatic rings. The van der Waals surface area contributed by atoms with Gasteiger partial charge in [0.25, 0.3) is 0 Å². The van der Waals surface area contributed by atoms with Crippen molar-refractivity contribution in [3.05, 3.63) is 48.3 Å². The second-order valence-corrected chi connectivity index (χ2v) is 3.70. The number of hydrogen-bond acceptors (Lipinski definition) is 4. The Kier molecular flexibility index (Phi) is 2.31. The Morgan fingerprint density at radius 1 is 1.18 bits per heavy atom. The Labute approximate surface area is 97.9 Å². The second-order valence-electron chi connectivity index (χ2n) is 3.70. The maximum absolute atomic E-state index is 5.58. The van der Waals surface area contributed by atoms with E-state index in [9.17, 15) is 0 Å². The molecule has 1 aromatic carbocycles. The number of fused-ring (bicyclic) bond motifs is 1. The van der Waals surface area contributed by atoms with Crippen LogP contribution in [0.25, 0.3) is 16.7 Å². The van der Waals surface area contributed by atoms with E-state index in [-0.39, 0.29) is 0 Å². The predicted molar refractivity (Wildman–Crippen MR) is 64.6 cm³/mol. The lowest BCUT2D eigenvalue weighted by molar-refractivity contribution is 0.817. The number of para-hydroxylation sites is 1. The summed E-state index contributed by atoms with van der Waals surface area (Å²) in [6.07, 6.45) is 1.73. The first-order chi connectivity index (χ1) is 8.38. The molecule has 0 unspecified atom stereocenters. The zero-order chi connectivity index (χ0) is 11.7. The summed E-state index contributed by atoms with van der Waals surface area (Å²) in [4.78, 5) is 4.16. The van der Waals surface area contributed by atoms with Crippen LogP contribution in [0.4, 0.5) is 0 Å². The third kappa shape index (κ3) is 1.66. The summed E-state index contributed by atoms with van der Waals surface area (Å²) in [5.74, 6) is 0. The molecule has 5 nitrogen and oxygen atoms in total. The fourth-order valence-corrected chi connectivity index (χ4v) is 1.77. The van der Waals surface area contributed by atoms with Gasteiger partial charge in [0.15, 0.2) is 0 Å². The standard InChI is InChI=1S/C12H11N5/c13-8-9-7-10(5-6-14-9)17-12-4-2-1-3-11(12)15-16-17/h1-7H,8,13H2. The highest BCUT2D eigenvalue weighted by Crippen LogP contribution is 2.15. The van der Waals surface area contributed by atoms with Gasteiger partial charge in [0, 0.05) is 12.7 Å². The second kappa shape index (κ2) is 3.95. The van der Waals surface area contributed by atoms with E-state index >= 15 is 0 Å². The van der Waals surface area contributed by atoms with Crippen molar-refractivity contribution in [2.45, 2.75) is 6.54 Å². The highest BCUT2D eigenvalue weighted by molar-refractivity contribution is 5.75. The van der Waals surface area contributed by atoms with E-state index in [1.807, 2.05) is 36.4 Å². The van der Waals surface area contributed by atoms with Gasteiger partial charge in [-0.05, 0) is 24.3 Å². The van der Waals surface area contributed by atoms with Crippen molar-refractivity contribution < 1.29 is 0 Å². The Hall–Kier alpha value is -2.27. The molecule has 0 radical (unpaired) electrons. The number of nitrogens with two attached hydrogens (primary N) is 1. The van der Waals surface area contributed by atoms with Crippen LogP contribution in [0.1, 0.15) is 5.69 Å². The van der Waals surface area contributed by atoms with Gasteiger partial charge in [-0.25, -0.2) is 4.68 Å². The average Bonchev–Trinajstić information content (AvgIpc) is 2.82. The van der Waals surface area contributed by atoms with Crippen LogP contribution in [0.3, 0.4) is 0 Å². The van der Waals surface area contributed by atoms with Gasteiger partial charge in [-0.1, -0.05) is 17.3 Å². The molecule has 17 heavy (non-hydrogen) atoms. The van der Waals surface area contributed by atoms with Crippen molar-refractivity contribution in [2.24, 2.45) is 5.73 Å². The van der Waals surface area contributed by atoms with Gasteiger partial charge >= 0.3 is 0 Å². The van der Waals surface area contributed by atoms with Gasteiger partial charge in [0.05, 0.1) is 16.9 Å². The van der Waals surface area contributed by atoms with Crippen molar-refractivity contribution in [3.63, 3.8) is 0 Å². The first-order valence-corrected chi connectivity index (χ1v) is 5.34. The molecule has 0 amide bonds.